The van der Waals surface area contributed by atoms with Gasteiger partial charge in [0.1, 0.15) is 0 Å². The number of ether oxygens (including phenoxy) is 1. The lowest BCUT2D eigenvalue weighted by Crippen LogP contribution is -2.44. The molecule has 0 amide bonds. The van der Waals surface area contributed by atoms with Crippen LogP contribution >= 0.6 is 0 Å². The normalized spacial score (nSPS) is 28.6. The Morgan fingerprint density at radius 1 is 1.40 bits per heavy atom. The molecule has 0 aromatic carbocycles. The van der Waals surface area contributed by atoms with Crippen molar-refractivity contribution in [3.05, 3.63) is 0 Å². The third-order valence-corrected chi connectivity index (χ3v) is 3.32. The zero-order valence-electron chi connectivity index (χ0n) is 10.7. The summed E-state index contributed by atoms with van der Waals surface area (Å²) in [5, 5.41) is 0. The molecule has 3 nitrogen and oxygen atoms in total. The summed E-state index contributed by atoms with van der Waals surface area (Å²) in [4.78, 5) is 2.50. The summed E-state index contributed by atoms with van der Waals surface area (Å²) in [6, 6.07) is 0. The number of nitrogens with zero attached hydrogens (tertiary/aromatic N) is 1. The standard InChI is InChI=1S/C12H26N2O/c1-5-15-12(6-8-13)7-9-14(10-12)11(2,3)4/h5-10,13H2,1-4H3. The number of hydrogen-bond acceptors (Lipinski definition) is 3. The molecule has 0 radical (unpaired) electrons. The molecule has 1 saturated heterocycles. The van der Waals surface area contributed by atoms with Crippen molar-refractivity contribution in [2.45, 2.75) is 51.7 Å². The van der Waals surface area contributed by atoms with Crippen molar-refractivity contribution in [1.29, 1.82) is 0 Å². The first-order chi connectivity index (χ1) is 6.93. The molecule has 2 N–H and O–H groups in total. The van der Waals surface area contributed by atoms with Crippen LogP contribution in [0.15, 0.2) is 0 Å². The van der Waals surface area contributed by atoms with Crippen molar-refractivity contribution >= 4 is 0 Å². The fraction of sp³-hybridized carbons (Fsp3) is 1.00. The van der Waals surface area contributed by atoms with E-state index in [0.717, 1.165) is 39.1 Å². The lowest BCUT2D eigenvalue weighted by Gasteiger charge is -2.35. The molecular weight excluding hydrogens is 188 g/mol. The maximum atomic E-state index is 5.93. The van der Waals surface area contributed by atoms with Gasteiger partial charge in [-0.05, 0) is 47.1 Å². The molecule has 1 heterocycles. The average molecular weight is 214 g/mol. The minimum Gasteiger partial charge on any atom is -0.374 e. The van der Waals surface area contributed by atoms with Crippen LogP contribution in [0.1, 0.15) is 40.5 Å². The van der Waals surface area contributed by atoms with Crippen molar-refractivity contribution in [3.63, 3.8) is 0 Å². The monoisotopic (exact) mass is 214 g/mol. The van der Waals surface area contributed by atoms with Crippen molar-refractivity contribution in [3.8, 4) is 0 Å². The van der Waals surface area contributed by atoms with E-state index in [2.05, 4.69) is 32.6 Å². The van der Waals surface area contributed by atoms with E-state index in [-0.39, 0.29) is 11.1 Å². The smallest absolute Gasteiger partial charge is 0.0833 e. The van der Waals surface area contributed by atoms with E-state index < -0.39 is 0 Å². The minimum atomic E-state index is 0.0246. The van der Waals surface area contributed by atoms with Gasteiger partial charge in [-0.1, -0.05) is 0 Å². The second-order valence-corrected chi connectivity index (χ2v) is 5.50. The zero-order chi connectivity index (χ0) is 11.5. The quantitative estimate of drug-likeness (QED) is 0.773. The Balaban J connectivity index is 2.63. The third-order valence-electron chi connectivity index (χ3n) is 3.32. The van der Waals surface area contributed by atoms with E-state index >= 15 is 0 Å². The van der Waals surface area contributed by atoms with E-state index in [1.54, 1.807) is 0 Å². The number of nitrogens with two attached hydrogens (primary N) is 1. The van der Waals surface area contributed by atoms with E-state index in [1.165, 1.54) is 0 Å². The summed E-state index contributed by atoms with van der Waals surface area (Å²) >= 11 is 0. The summed E-state index contributed by atoms with van der Waals surface area (Å²) < 4.78 is 5.93. The number of rotatable bonds is 4. The molecule has 3 heteroatoms. The summed E-state index contributed by atoms with van der Waals surface area (Å²) in [6.07, 6.45) is 2.10. The third kappa shape index (κ3) is 3.16. The molecule has 1 aliphatic heterocycles. The SMILES string of the molecule is CCOC1(CCN)CCN(C(C)(C)C)C1. The Labute approximate surface area is 94.0 Å². The van der Waals surface area contributed by atoms with Crippen LogP contribution in [-0.2, 0) is 4.74 Å². The van der Waals surface area contributed by atoms with E-state index in [1.807, 2.05) is 0 Å². The molecule has 1 rings (SSSR count). The Morgan fingerprint density at radius 2 is 2.07 bits per heavy atom. The van der Waals surface area contributed by atoms with Crippen molar-refractivity contribution in [2.75, 3.05) is 26.2 Å². The number of hydrogen-bond donors (Lipinski definition) is 1. The lowest BCUT2D eigenvalue weighted by molar-refractivity contribution is -0.0407. The van der Waals surface area contributed by atoms with Gasteiger partial charge in [0.15, 0.2) is 0 Å². The Bertz CT molecular complexity index is 192. The summed E-state index contributed by atoms with van der Waals surface area (Å²) in [7, 11) is 0. The first kappa shape index (κ1) is 12.9. The highest BCUT2D eigenvalue weighted by molar-refractivity contribution is 4.96. The molecule has 90 valence electrons. The van der Waals surface area contributed by atoms with Gasteiger partial charge < -0.3 is 10.5 Å². The second-order valence-electron chi connectivity index (χ2n) is 5.50. The van der Waals surface area contributed by atoms with E-state index in [0.29, 0.717) is 0 Å². The average Bonchev–Trinajstić information content (AvgIpc) is 2.50. The summed E-state index contributed by atoms with van der Waals surface area (Å²) in [6.45, 7) is 12.5. The molecule has 0 aromatic heterocycles. The van der Waals surface area contributed by atoms with Gasteiger partial charge in [-0.25, -0.2) is 0 Å². The maximum Gasteiger partial charge on any atom is 0.0833 e. The van der Waals surface area contributed by atoms with Crippen LogP contribution in [0.5, 0.6) is 0 Å². The predicted molar refractivity (Wildman–Crippen MR) is 64.0 cm³/mol. The van der Waals surface area contributed by atoms with Crippen LogP contribution in [0.3, 0.4) is 0 Å². The van der Waals surface area contributed by atoms with Gasteiger partial charge in [0.25, 0.3) is 0 Å². The highest BCUT2D eigenvalue weighted by Gasteiger charge is 2.41. The van der Waals surface area contributed by atoms with Gasteiger partial charge in [0.2, 0.25) is 0 Å². The Hall–Kier alpha value is -0.120. The van der Waals surface area contributed by atoms with Crippen molar-refractivity contribution in [2.24, 2.45) is 5.73 Å². The van der Waals surface area contributed by atoms with Crippen LogP contribution in [0, 0.1) is 0 Å². The van der Waals surface area contributed by atoms with Gasteiger partial charge in [0.05, 0.1) is 5.60 Å². The van der Waals surface area contributed by atoms with Crippen molar-refractivity contribution in [1.82, 2.24) is 4.90 Å². The molecule has 0 spiro atoms. The van der Waals surface area contributed by atoms with Crippen LogP contribution < -0.4 is 5.73 Å². The highest BCUT2D eigenvalue weighted by atomic mass is 16.5. The zero-order valence-corrected chi connectivity index (χ0v) is 10.7. The molecule has 1 aliphatic rings. The van der Waals surface area contributed by atoms with E-state index in [9.17, 15) is 0 Å². The molecule has 1 fully saturated rings. The fourth-order valence-corrected chi connectivity index (χ4v) is 2.38. The molecule has 0 saturated carbocycles. The first-order valence-corrected chi connectivity index (χ1v) is 6.02. The molecule has 1 unspecified atom stereocenters. The molecule has 0 aliphatic carbocycles. The van der Waals surface area contributed by atoms with Crippen LogP contribution in [-0.4, -0.2) is 42.3 Å². The molecule has 0 bridgehead atoms. The summed E-state index contributed by atoms with van der Waals surface area (Å²) in [5.74, 6) is 0. The van der Waals surface area contributed by atoms with Gasteiger partial charge in [-0.15, -0.1) is 0 Å². The predicted octanol–water partition coefficient (Wildman–Crippen LogP) is 1.61. The first-order valence-electron chi connectivity index (χ1n) is 6.02. The summed E-state index contributed by atoms with van der Waals surface area (Å²) in [5.41, 5.74) is 5.95. The molecule has 0 aromatic rings. The Morgan fingerprint density at radius 3 is 2.47 bits per heavy atom. The minimum absolute atomic E-state index is 0.0246. The van der Waals surface area contributed by atoms with Crippen LogP contribution in [0.4, 0.5) is 0 Å². The van der Waals surface area contributed by atoms with Gasteiger partial charge >= 0.3 is 0 Å². The number of likely N-dealkylation sites (tertiary alicyclic amines) is 1. The lowest BCUT2D eigenvalue weighted by atomic mass is 9.98. The molecule has 15 heavy (non-hydrogen) atoms. The molecule has 1 atom stereocenters. The van der Waals surface area contributed by atoms with Gasteiger partial charge in [-0.2, -0.15) is 0 Å². The van der Waals surface area contributed by atoms with Crippen LogP contribution in [0.2, 0.25) is 0 Å². The van der Waals surface area contributed by atoms with Crippen LogP contribution in [0.25, 0.3) is 0 Å². The van der Waals surface area contributed by atoms with E-state index in [4.69, 9.17) is 10.5 Å². The largest absolute Gasteiger partial charge is 0.374 e. The van der Waals surface area contributed by atoms with Gasteiger partial charge in [-0.3, -0.25) is 4.90 Å². The maximum absolute atomic E-state index is 5.93. The second kappa shape index (κ2) is 4.81. The highest BCUT2D eigenvalue weighted by Crippen LogP contribution is 2.32. The topological polar surface area (TPSA) is 38.5 Å². The Kier molecular flexibility index (Phi) is 4.15. The fourth-order valence-electron chi connectivity index (χ4n) is 2.38. The van der Waals surface area contributed by atoms with Gasteiger partial charge in [0, 0.05) is 25.2 Å². The molecular formula is C12H26N2O. The van der Waals surface area contributed by atoms with Crippen molar-refractivity contribution < 1.29 is 4.74 Å².